The molecule has 2 aliphatic rings. The van der Waals surface area contributed by atoms with Gasteiger partial charge in [-0.3, -0.25) is 15.1 Å². The van der Waals surface area contributed by atoms with E-state index in [-0.39, 0.29) is 5.91 Å². The fourth-order valence-electron chi connectivity index (χ4n) is 3.42. The van der Waals surface area contributed by atoms with Crippen molar-refractivity contribution in [2.75, 3.05) is 19.5 Å². The number of ether oxygens (including phenoxy) is 2. The van der Waals surface area contributed by atoms with Crippen LogP contribution in [0, 0.1) is 0 Å². The van der Waals surface area contributed by atoms with E-state index in [4.69, 9.17) is 26.1 Å². The Kier molecular flexibility index (Phi) is 5.87. The van der Waals surface area contributed by atoms with Crippen LogP contribution < -0.4 is 25.4 Å². The lowest BCUT2D eigenvalue weighted by atomic mass is 10.1. The molecule has 9 heteroatoms. The summed E-state index contributed by atoms with van der Waals surface area (Å²) in [4.78, 5) is 17.8. The number of hydrazone groups is 1. The van der Waals surface area contributed by atoms with Gasteiger partial charge in [0.05, 0.1) is 23.6 Å². The summed E-state index contributed by atoms with van der Waals surface area (Å²) in [6.07, 6.45) is 1.28. The smallest absolute Gasteiger partial charge is 0.276 e. The second-order valence-electron chi connectivity index (χ2n) is 6.47. The van der Waals surface area contributed by atoms with Crippen molar-refractivity contribution in [1.29, 1.82) is 0 Å². The van der Waals surface area contributed by atoms with Crippen molar-refractivity contribution < 1.29 is 14.3 Å². The van der Waals surface area contributed by atoms with E-state index in [0.29, 0.717) is 40.6 Å². The molecule has 2 heterocycles. The number of rotatable bonds is 5. The van der Waals surface area contributed by atoms with Gasteiger partial charge in [0.2, 0.25) is 0 Å². The molecule has 2 aromatic carbocycles. The molecule has 0 aromatic heterocycles. The Morgan fingerprint density at radius 2 is 1.97 bits per heavy atom. The number of nitrogens with zero attached hydrogens (tertiary/aromatic N) is 3. The topological polar surface area (TPSA) is 75.5 Å². The Morgan fingerprint density at radius 1 is 1.20 bits per heavy atom. The molecule has 0 radical (unpaired) electrons. The number of nitrogens with one attached hydrogen (secondary N) is 1. The van der Waals surface area contributed by atoms with E-state index in [1.165, 1.54) is 11.8 Å². The molecule has 1 N–H and O–H groups in total. The van der Waals surface area contributed by atoms with Crippen molar-refractivity contribution in [3.63, 3.8) is 0 Å². The third-order valence-corrected chi connectivity index (χ3v) is 5.48. The minimum absolute atomic E-state index is 0.219. The van der Waals surface area contributed by atoms with Crippen molar-refractivity contribution in [2.45, 2.75) is 20.0 Å². The number of hydrogen-bond donors (Lipinski definition) is 1. The first-order valence-corrected chi connectivity index (χ1v) is 11.2. The van der Waals surface area contributed by atoms with Gasteiger partial charge in [-0.1, -0.05) is 41.6 Å². The monoisotopic (exact) mass is 444 g/mol. The van der Waals surface area contributed by atoms with E-state index < -0.39 is 6.17 Å². The molecule has 156 valence electrons. The number of benzene rings is 2. The predicted molar refractivity (Wildman–Crippen MR) is 118 cm³/mol. The van der Waals surface area contributed by atoms with Crippen LogP contribution in [0.2, 0.25) is 5.02 Å². The van der Waals surface area contributed by atoms with Crippen LogP contribution in [0.25, 0.3) is 5.70 Å². The van der Waals surface area contributed by atoms with Gasteiger partial charge in [0.1, 0.15) is 5.70 Å². The number of hydrogen-bond acceptors (Lipinski definition) is 7. The molecular formula is C21H21ClN4O3S. The standard InChI is InChI=1S/C21H21ClN4O3S/c1-4-28-16-11-12(10-14(22)18(16)29-5-2)19-23-15-9-7-6-8-13(15)17-20(27)24-21(30-3)25-26(17)19/h6-11,19H,4-5H2,1-3H3,(H,24,25,27)/t19-/m1/s1. The second kappa shape index (κ2) is 8.57. The number of halogens is 1. The van der Waals surface area contributed by atoms with Crippen LogP contribution in [0.1, 0.15) is 25.6 Å². The molecule has 0 aliphatic carbocycles. The van der Waals surface area contributed by atoms with Gasteiger partial charge in [-0.15, -0.1) is 5.10 Å². The number of amides is 1. The number of carbonyl (C=O) groups is 1. The number of thioether (sulfide) groups is 1. The van der Waals surface area contributed by atoms with E-state index in [1.54, 1.807) is 11.1 Å². The van der Waals surface area contributed by atoms with Crippen molar-refractivity contribution in [1.82, 2.24) is 10.3 Å². The summed E-state index contributed by atoms with van der Waals surface area (Å²) >= 11 is 7.89. The van der Waals surface area contributed by atoms with Crippen LogP contribution in [-0.2, 0) is 4.79 Å². The van der Waals surface area contributed by atoms with E-state index in [1.807, 2.05) is 50.4 Å². The third-order valence-electron chi connectivity index (χ3n) is 4.63. The Hall–Kier alpha value is -2.71. The Bertz CT molecular complexity index is 1150. The van der Waals surface area contributed by atoms with Gasteiger partial charge in [0.15, 0.2) is 22.8 Å². The SMILES string of the molecule is CCOc1cc([C@@H]2N=c3ccccc3=C3C(=O)NC(SC)=NN32)cc(Cl)c1OCC. The summed E-state index contributed by atoms with van der Waals surface area (Å²) in [5.41, 5.74) is 1.20. The Labute approximate surface area is 183 Å². The number of carbonyl (C=O) groups excluding carboxylic acids is 1. The van der Waals surface area contributed by atoms with Crippen LogP contribution in [0.5, 0.6) is 11.5 Å². The van der Waals surface area contributed by atoms with Crippen LogP contribution in [0.15, 0.2) is 46.5 Å². The minimum atomic E-state index is -0.574. The fourth-order valence-corrected chi connectivity index (χ4v) is 4.06. The largest absolute Gasteiger partial charge is 0.490 e. The van der Waals surface area contributed by atoms with Gasteiger partial charge in [0.25, 0.3) is 5.91 Å². The highest BCUT2D eigenvalue weighted by Crippen LogP contribution is 2.41. The van der Waals surface area contributed by atoms with Gasteiger partial charge in [-0.25, -0.2) is 5.01 Å². The summed E-state index contributed by atoms with van der Waals surface area (Å²) in [6.45, 7) is 4.71. The van der Waals surface area contributed by atoms with Crippen LogP contribution >= 0.6 is 23.4 Å². The number of para-hydroxylation sites is 1. The first-order chi connectivity index (χ1) is 14.6. The molecule has 0 saturated heterocycles. The van der Waals surface area contributed by atoms with Crippen LogP contribution in [-0.4, -0.2) is 35.6 Å². The molecule has 1 amide bonds. The molecule has 0 bridgehead atoms. The molecule has 0 saturated carbocycles. The lowest BCUT2D eigenvalue weighted by Gasteiger charge is -2.34. The number of amidine groups is 1. The molecule has 2 aliphatic heterocycles. The maximum Gasteiger partial charge on any atom is 0.276 e. The highest BCUT2D eigenvalue weighted by molar-refractivity contribution is 8.13. The highest BCUT2D eigenvalue weighted by atomic mass is 35.5. The summed E-state index contributed by atoms with van der Waals surface area (Å²) in [6, 6.07) is 11.2. The molecule has 4 rings (SSSR count). The lowest BCUT2D eigenvalue weighted by Crippen LogP contribution is -2.50. The minimum Gasteiger partial charge on any atom is -0.490 e. The van der Waals surface area contributed by atoms with E-state index in [2.05, 4.69) is 10.4 Å². The quantitative estimate of drug-likeness (QED) is 0.767. The average Bonchev–Trinajstić information content (AvgIpc) is 2.75. The van der Waals surface area contributed by atoms with E-state index in [0.717, 1.165) is 16.1 Å². The van der Waals surface area contributed by atoms with Crippen molar-refractivity contribution in [2.24, 2.45) is 10.1 Å². The second-order valence-corrected chi connectivity index (χ2v) is 7.67. The average molecular weight is 445 g/mol. The molecule has 7 nitrogen and oxygen atoms in total. The summed E-state index contributed by atoms with van der Waals surface area (Å²) < 4.78 is 11.5. The number of fused-ring (bicyclic) bond motifs is 2. The lowest BCUT2D eigenvalue weighted by molar-refractivity contribution is -0.116. The summed E-state index contributed by atoms with van der Waals surface area (Å²) in [5.74, 6) is 0.812. The van der Waals surface area contributed by atoms with E-state index >= 15 is 0 Å². The molecule has 0 spiro atoms. The summed E-state index contributed by atoms with van der Waals surface area (Å²) in [5, 5.41) is 11.5. The van der Waals surface area contributed by atoms with Crippen molar-refractivity contribution in [3.05, 3.63) is 57.6 Å². The van der Waals surface area contributed by atoms with Crippen LogP contribution in [0.4, 0.5) is 0 Å². The van der Waals surface area contributed by atoms with Crippen molar-refractivity contribution in [3.8, 4) is 11.5 Å². The molecule has 1 atom stereocenters. The molecule has 0 fully saturated rings. The normalized spacial score (nSPS) is 17.4. The molecule has 0 unspecified atom stereocenters. The van der Waals surface area contributed by atoms with Gasteiger partial charge in [-0.2, -0.15) is 0 Å². The molecule has 2 aromatic rings. The zero-order chi connectivity index (χ0) is 21.3. The van der Waals surface area contributed by atoms with Crippen molar-refractivity contribution >= 4 is 40.1 Å². The third kappa shape index (κ3) is 3.61. The zero-order valence-corrected chi connectivity index (χ0v) is 18.4. The highest BCUT2D eigenvalue weighted by Gasteiger charge is 2.35. The zero-order valence-electron chi connectivity index (χ0n) is 16.8. The van der Waals surface area contributed by atoms with Gasteiger partial charge in [0, 0.05) is 10.8 Å². The van der Waals surface area contributed by atoms with Gasteiger partial charge < -0.3 is 9.47 Å². The molecule has 30 heavy (non-hydrogen) atoms. The van der Waals surface area contributed by atoms with Crippen LogP contribution in [0.3, 0.4) is 0 Å². The van der Waals surface area contributed by atoms with E-state index in [9.17, 15) is 4.79 Å². The maximum absolute atomic E-state index is 12.9. The first kappa shape index (κ1) is 20.6. The fraction of sp³-hybridized carbons (Fsp3) is 0.286. The van der Waals surface area contributed by atoms with Gasteiger partial charge >= 0.3 is 0 Å². The Balaban J connectivity index is 1.93. The Morgan fingerprint density at radius 3 is 2.70 bits per heavy atom. The molecular weight excluding hydrogens is 424 g/mol. The first-order valence-electron chi connectivity index (χ1n) is 9.56. The van der Waals surface area contributed by atoms with Gasteiger partial charge in [-0.05, 0) is 38.3 Å². The maximum atomic E-state index is 12.9. The summed E-state index contributed by atoms with van der Waals surface area (Å²) in [7, 11) is 0. The predicted octanol–water partition coefficient (Wildman–Crippen LogP) is 2.64.